The number of aromatic amines is 2. The number of hydrogen-bond donors (Lipinski definition) is 12. The number of nitrogens with one attached hydrogen (secondary N) is 10. The van der Waals surface area contributed by atoms with E-state index < -0.39 is 0 Å². The molecule has 14 N–H and O–H groups in total. The molecule has 12 rings (SSSR count). The molecular formula is C46H64N28. The van der Waals surface area contributed by atoms with Gasteiger partial charge in [-0.1, -0.05) is 27.7 Å². The smallest absolute Gasteiger partial charge is 0.203 e. The van der Waals surface area contributed by atoms with Crippen LogP contribution in [0.3, 0.4) is 0 Å². The summed E-state index contributed by atoms with van der Waals surface area (Å²) in [5.74, 6) is 4.19. The highest BCUT2D eigenvalue weighted by atomic mass is 15.6. The van der Waals surface area contributed by atoms with Crippen LogP contribution in [0.25, 0.3) is 22.3 Å². The van der Waals surface area contributed by atoms with E-state index in [1.165, 1.54) is 11.1 Å². The van der Waals surface area contributed by atoms with Gasteiger partial charge in [0.05, 0.1) is 36.2 Å². The van der Waals surface area contributed by atoms with Crippen molar-refractivity contribution >= 4 is 68.6 Å². The second-order valence-electron chi connectivity index (χ2n) is 16.2. The Morgan fingerprint density at radius 3 is 1.09 bits per heavy atom. The molecule has 0 aromatic carbocycles. The van der Waals surface area contributed by atoms with Crippen molar-refractivity contribution in [3.63, 3.8) is 0 Å². The Bertz CT molecular complexity index is 3150. The highest BCUT2D eigenvalue weighted by Crippen LogP contribution is 2.32. The van der Waals surface area contributed by atoms with Crippen molar-refractivity contribution in [2.75, 3.05) is 57.9 Å². The first-order chi connectivity index (χ1) is 36.0. The number of pyridine rings is 4. The maximum Gasteiger partial charge on any atom is 0.203 e. The second kappa shape index (κ2) is 24.6. The minimum Gasteiger partial charge on any atom is -0.384 e. The zero-order valence-electron chi connectivity index (χ0n) is 43.1. The predicted molar refractivity (Wildman–Crippen MR) is 287 cm³/mol. The largest absolute Gasteiger partial charge is 0.384 e. The Morgan fingerprint density at radius 2 is 0.784 bits per heavy atom. The molecule has 12 heterocycles. The van der Waals surface area contributed by atoms with Crippen LogP contribution in [0, 0.1) is 0 Å². The first-order valence-electron chi connectivity index (χ1n) is 23.8. The monoisotopic (exact) mass is 1010 g/mol. The summed E-state index contributed by atoms with van der Waals surface area (Å²) < 4.78 is 7.14. The lowest BCUT2D eigenvalue weighted by Gasteiger charge is -2.08. The third-order valence-electron chi connectivity index (χ3n) is 10.8. The van der Waals surface area contributed by atoms with E-state index in [9.17, 15) is 0 Å². The number of aromatic nitrogens is 18. The van der Waals surface area contributed by atoms with E-state index >= 15 is 0 Å². The average Bonchev–Trinajstić information content (AvgIpc) is 4.25. The molecule has 0 atom stereocenters. The fraction of sp³-hybridized carbons (Fsp3) is 0.304. The van der Waals surface area contributed by atoms with Crippen molar-refractivity contribution in [2.24, 2.45) is 28.2 Å². The number of nitrogens with zero attached hydrogens (tertiary/aromatic N) is 16. The molecule has 0 spiro atoms. The molecule has 388 valence electrons. The molecule has 0 fully saturated rings. The Morgan fingerprint density at radius 1 is 0.446 bits per heavy atom. The molecule has 0 saturated carbocycles. The number of H-pyrrole nitrogens is 2. The van der Waals surface area contributed by atoms with Crippen LogP contribution in [0.4, 0.5) is 46.3 Å². The molecule has 0 saturated heterocycles. The number of anilines is 8. The Hall–Kier alpha value is -9.44. The van der Waals surface area contributed by atoms with E-state index in [2.05, 4.69) is 115 Å². The first kappa shape index (κ1) is 52.4. The summed E-state index contributed by atoms with van der Waals surface area (Å²) in [5.41, 5.74) is 42.7. The van der Waals surface area contributed by atoms with Gasteiger partial charge in [-0.25, -0.2) is 19.9 Å². The summed E-state index contributed by atoms with van der Waals surface area (Å²) in [6.07, 6.45) is 18.4. The van der Waals surface area contributed by atoms with Gasteiger partial charge >= 0.3 is 0 Å². The van der Waals surface area contributed by atoms with E-state index in [0.29, 0.717) is 35.8 Å². The van der Waals surface area contributed by atoms with Crippen LogP contribution in [0.15, 0.2) is 73.8 Å². The van der Waals surface area contributed by atoms with Gasteiger partial charge in [-0.05, 0) is 68.8 Å². The van der Waals surface area contributed by atoms with Gasteiger partial charge in [0.25, 0.3) is 0 Å². The second-order valence-corrected chi connectivity index (χ2v) is 16.2. The lowest BCUT2D eigenvalue weighted by molar-refractivity contribution is 0.767. The third-order valence-corrected chi connectivity index (χ3v) is 10.8. The van der Waals surface area contributed by atoms with Crippen LogP contribution in [-0.2, 0) is 53.9 Å². The van der Waals surface area contributed by atoms with Crippen LogP contribution in [-0.4, -0.2) is 104 Å². The number of aryl methyl sites for hydroxylation is 4. The molecule has 0 bridgehead atoms. The minimum absolute atomic E-state index is 0.449. The van der Waals surface area contributed by atoms with Crippen molar-refractivity contribution in [3.05, 3.63) is 118 Å². The summed E-state index contributed by atoms with van der Waals surface area (Å²) in [6, 6.07) is 7.71. The summed E-state index contributed by atoms with van der Waals surface area (Å²) in [7, 11) is 11.3. The molecule has 0 amide bonds. The zero-order valence-corrected chi connectivity index (χ0v) is 43.1. The Balaban J connectivity index is 0.000000141. The number of nitrogens with two attached hydrogens (primary N) is 2. The fourth-order valence-corrected chi connectivity index (χ4v) is 7.74. The van der Waals surface area contributed by atoms with Gasteiger partial charge in [0.15, 0.2) is 11.6 Å². The topological polar surface area (TPSA) is 354 Å². The fourth-order valence-electron chi connectivity index (χ4n) is 7.74. The van der Waals surface area contributed by atoms with Crippen LogP contribution < -0.4 is 54.9 Å². The molecule has 0 aliphatic carbocycles. The number of hydrogen-bond acceptors (Lipinski definition) is 22. The average molecular weight is 1010 g/mol. The number of hydrazine groups is 4. The predicted octanol–water partition coefficient (Wildman–Crippen LogP) is 3.98. The Kier molecular flexibility index (Phi) is 17.4. The van der Waals surface area contributed by atoms with Gasteiger partial charge in [0, 0.05) is 92.8 Å². The normalized spacial score (nSPS) is 11.5. The molecule has 2 aliphatic heterocycles. The van der Waals surface area contributed by atoms with Crippen molar-refractivity contribution < 1.29 is 0 Å². The standard InChI is InChI=1S/2C11H15N7.2C10H11N7.2C2H6/c2*1-12-9-4-8(3-7-5-13-18(2)6-7)10-11(14-9)16-17-15-10;2*1-17-5-6(4-12-17)2-7-3-8(11)13-10-9(7)14-16-15-10;2*1-2/h2*4-6,15,17H,3H2,1-2H3,(H2,12,14,16);2*3-5H,2H2,1H3,(H3,11,13,14,15,16);2*1-2H3. The molecule has 10 aromatic rings. The van der Waals surface area contributed by atoms with Gasteiger partial charge in [0.2, 0.25) is 11.3 Å². The summed E-state index contributed by atoms with van der Waals surface area (Å²) in [4.78, 5) is 17.0. The van der Waals surface area contributed by atoms with E-state index in [1.807, 2.05) is 144 Å². The van der Waals surface area contributed by atoms with Crippen molar-refractivity contribution in [1.29, 1.82) is 0 Å². The number of fused-ring (bicyclic) bond motifs is 4. The van der Waals surface area contributed by atoms with Crippen LogP contribution in [0.1, 0.15) is 72.2 Å². The summed E-state index contributed by atoms with van der Waals surface area (Å²) in [6.45, 7) is 8.00. The lowest BCUT2D eigenvalue weighted by Crippen LogP contribution is -2.19. The van der Waals surface area contributed by atoms with Crippen molar-refractivity contribution in [1.82, 2.24) is 101 Å². The molecule has 74 heavy (non-hydrogen) atoms. The van der Waals surface area contributed by atoms with Gasteiger partial charge in [-0.3, -0.25) is 29.6 Å². The maximum absolute atomic E-state index is 5.73. The molecule has 0 radical (unpaired) electrons. The highest BCUT2D eigenvalue weighted by molar-refractivity contribution is 5.78. The van der Waals surface area contributed by atoms with Gasteiger partial charge in [-0.2, -0.15) is 41.0 Å². The van der Waals surface area contributed by atoms with Crippen LogP contribution >= 0.6 is 0 Å². The van der Waals surface area contributed by atoms with Gasteiger partial charge in [0.1, 0.15) is 34.3 Å². The van der Waals surface area contributed by atoms with E-state index in [1.54, 1.807) is 18.7 Å². The van der Waals surface area contributed by atoms with Gasteiger partial charge < -0.3 is 33.0 Å². The lowest BCUT2D eigenvalue weighted by atomic mass is 10.1. The molecule has 0 unspecified atom stereocenters. The van der Waals surface area contributed by atoms with Crippen LogP contribution in [0.2, 0.25) is 0 Å². The third kappa shape index (κ3) is 13.1. The van der Waals surface area contributed by atoms with Crippen molar-refractivity contribution in [3.8, 4) is 0 Å². The van der Waals surface area contributed by atoms with E-state index in [-0.39, 0.29) is 0 Å². The molecular weight excluding hydrogens is 945 g/mol. The number of nitrogen functional groups attached to an aromatic ring is 2. The van der Waals surface area contributed by atoms with E-state index in [0.717, 1.165) is 91.9 Å². The zero-order chi connectivity index (χ0) is 52.7. The first-order valence-corrected chi connectivity index (χ1v) is 23.8. The molecule has 10 aromatic heterocycles. The summed E-state index contributed by atoms with van der Waals surface area (Å²) in [5, 5.41) is 43.9. The Labute approximate surface area is 426 Å². The molecule has 2 aliphatic rings. The van der Waals surface area contributed by atoms with Crippen LogP contribution in [0.5, 0.6) is 0 Å². The maximum atomic E-state index is 5.73. The molecule has 28 nitrogen and oxygen atoms in total. The summed E-state index contributed by atoms with van der Waals surface area (Å²) >= 11 is 0. The molecule has 28 heteroatoms. The van der Waals surface area contributed by atoms with Gasteiger partial charge in [-0.15, -0.1) is 21.3 Å². The number of rotatable bonds is 10. The van der Waals surface area contributed by atoms with E-state index in [4.69, 9.17) is 11.5 Å². The quantitative estimate of drug-likeness (QED) is 0.0921. The highest BCUT2D eigenvalue weighted by Gasteiger charge is 2.19. The van der Waals surface area contributed by atoms with Crippen molar-refractivity contribution in [2.45, 2.75) is 53.4 Å². The SMILES string of the molecule is CC.CC.CNc1cc(Cc2cnn(C)c2)c2c(n1)NNN2.CNc1cc(Cc2cnn(C)c2)c2c(n1)NNN2.Cn1cc(Cc2cc(N)nc3n[nH]nc23)cn1.Cn1cc(Cc2cc(N)nc3n[nH]nc23)cn1. The minimum atomic E-state index is 0.449.